The topological polar surface area (TPSA) is 12.0 Å². The Balaban J connectivity index is 0.000000640. The Kier molecular flexibility index (Phi) is 4.46. The van der Waals surface area contributed by atoms with Crippen LogP contribution in [0.2, 0.25) is 0 Å². The summed E-state index contributed by atoms with van der Waals surface area (Å²) < 4.78 is 0. The molecule has 0 amide bonds. The van der Waals surface area contributed by atoms with Crippen molar-refractivity contribution >= 4 is 0 Å². The molecule has 0 aromatic heterocycles. The average molecular weight is 349 g/mol. The summed E-state index contributed by atoms with van der Waals surface area (Å²) in [6.07, 6.45) is 3.36. The SMILES string of the molecule is [CH2-]CC1([CH2-])CCCN1.[U+2]. The Bertz CT molecular complexity index is 77.0. The third kappa shape index (κ3) is 2.62. The third-order valence-electron chi connectivity index (χ3n) is 1.81. The van der Waals surface area contributed by atoms with E-state index in [0.717, 1.165) is 13.0 Å². The van der Waals surface area contributed by atoms with Gasteiger partial charge in [-0.05, 0) is 13.0 Å². The molecule has 1 heterocycles. The molecule has 2 heteroatoms. The van der Waals surface area contributed by atoms with Gasteiger partial charge in [-0.25, -0.2) is 0 Å². The van der Waals surface area contributed by atoms with Gasteiger partial charge in [0.15, 0.2) is 0 Å². The first kappa shape index (κ1) is 10.0. The molecule has 1 aliphatic rings. The van der Waals surface area contributed by atoms with Gasteiger partial charge in [-0.2, -0.15) is 6.42 Å². The van der Waals surface area contributed by atoms with Crippen LogP contribution in [0.4, 0.5) is 0 Å². The van der Waals surface area contributed by atoms with Crippen molar-refractivity contribution in [1.82, 2.24) is 5.32 Å². The van der Waals surface area contributed by atoms with Crippen molar-refractivity contribution in [2.24, 2.45) is 0 Å². The molecule has 0 saturated carbocycles. The first-order valence-corrected chi connectivity index (χ1v) is 3.16. The summed E-state index contributed by atoms with van der Waals surface area (Å²) in [5.41, 5.74) is 0.125. The van der Waals surface area contributed by atoms with Crippen LogP contribution in [-0.2, 0) is 0 Å². The van der Waals surface area contributed by atoms with Crippen molar-refractivity contribution in [1.29, 1.82) is 0 Å². The average Bonchev–Trinajstić information content (AvgIpc) is 2.17. The van der Waals surface area contributed by atoms with E-state index in [-0.39, 0.29) is 36.7 Å². The molecule has 0 aliphatic carbocycles. The van der Waals surface area contributed by atoms with E-state index in [4.69, 9.17) is 0 Å². The quantitative estimate of drug-likeness (QED) is 0.701. The molecule has 0 bridgehead atoms. The Morgan fingerprint density at radius 2 is 2.22 bits per heavy atom. The van der Waals surface area contributed by atoms with Gasteiger partial charge < -0.3 is 19.2 Å². The van der Waals surface area contributed by atoms with Gasteiger partial charge in [-0.1, -0.05) is 6.42 Å². The molecule has 9 heavy (non-hydrogen) atoms. The van der Waals surface area contributed by atoms with E-state index in [1.807, 2.05) is 0 Å². The van der Waals surface area contributed by atoms with Gasteiger partial charge in [0.1, 0.15) is 0 Å². The van der Waals surface area contributed by atoms with Crippen molar-refractivity contribution in [3.63, 3.8) is 0 Å². The van der Waals surface area contributed by atoms with E-state index in [9.17, 15) is 0 Å². The predicted octanol–water partition coefficient (Wildman–Crippen LogP) is 1.17. The van der Waals surface area contributed by atoms with Gasteiger partial charge >= 0.3 is 31.1 Å². The van der Waals surface area contributed by atoms with Gasteiger partial charge in [-0.3, -0.25) is 0 Å². The van der Waals surface area contributed by atoms with Crippen LogP contribution >= 0.6 is 0 Å². The van der Waals surface area contributed by atoms with Crippen molar-refractivity contribution in [3.8, 4) is 0 Å². The summed E-state index contributed by atoms with van der Waals surface area (Å²) in [6.45, 7) is 8.95. The summed E-state index contributed by atoms with van der Waals surface area (Å²) in [5.74, 6) is 0. The van der Waals surface area contributed by atoms with E-state index in [1.54, 1.807) is 0 Å². The molecule has 50 valence electrons. The van der Waals surface area contributed by atoms with E-state index < -0.39 is 0 Å². The van der Waals surface area contributed by atoms with Crippen molar-refractivity contribution in [2.45, 2.75) is 24.8 Å². The van der Waals surface area contributed by atoms with Crippen molar-refractivity contribution in [2.75, 3.05) is 6.54 Å². The van der Waals surface area contributed by atoms with Gasteiger partial charge in [0.25, 0.3) is 0 Å². The van der Waals surface area contributed by atoms with Gasteiger partial charge in [-0.15, -0.1) is 5.54 Å². The second-order valence-electron chi connectivity index (χ2n) is 2.56. The van der Waals surface area contributed by atoms with Gasteiger partial charge in [0.2, 0.25) is 0 Å². The number of rotatable bonds is 1. The molecule has 0 radical (unpaired) electrons. The standard InChI is InChI=1S/C7H13N.U/c1-3-7(2)5-4-6-8-7;/h8H,1-6H2;/q-2;+2. The molecular formula is C7H13NU. The smallest absolute Gasteiger partial charge is 0.344 e. The minimum atomic E-state index is 0. The first-order chi connectivity index (χ1) is 3.77. The molecule has 0 spiro atoms. The van der Waals surface area contributed by atoms with Crippen LogP contribution < -0.4 is 5.32 Å². The van der Waals surface area contributed by atoms with E-state index in [1.165, 1.54) is 12.8 Å². The second kappa shape index (κ2) is 4.01. The zero-order valence-electron chi connectivity index (χ0n) is 5.74. The summed E-state index contributed by atoms with van der Waals surface area (Å²) in [6, 6.07) is 0. The fourth-order valence-electron chi connectivity index (χ4n) is 1.08. The summed E-state index contributed by atoms with van der Waals surface area (Å²) in [5, 5.41) is 3.31. The largest absolute Gasteiger partial charge is 2.00 e. The van der Waals surface area contributed by atoms with Crippen LogP contribution in [0.25, 0.3) is 0 Å². The minimum Gasteiger partial charge on any atom is -0.344 e. The van der Waals surface area contributed by atoms with E-state index >= 15 is 0 Å². The predicted molar refractivity (Wildman–Crippen MR) is 35.3 cm³/mol. The zero-order valence-corrected chi connectivity index (χ0v) is 9.91. The molecule has 1 saturated heterocycles. The molecular weight excluding hydrogens is 336 g/mol. The van der Waals surface area contributed by atoms with Crippen LogP contribution in [0.1, 0.15) is 19.3 Å². The van der Waals surface area contributed by atoms with Crippen molar-refractivity contribution < 1.29 is 31.1 Å². The summed E-state index contributed by atoms with van der Waals surface area (Å²) in [7, 11) is 0. The van der Waals surface area contributed by atoms with Crippen LogP contribution in [0.15, 0.2) is 0 Å². The third-order valence-corrected chi connectivity index (χ3v) is 1.81. The molecule has 0 aromatic rings. The number of nitrogens with one attached hydrogen (secondary N) is 1. The molecule has 1 nitrogen and oxygen atoms in total. The minimum absolute atomic E-state index is 0. The van der Waals surface area contributed by atoms with Gasteiger partial charge in [0, 0.05) is 0 Å². The monoisotopic (exact) mass is 349 g/mol. The maximum absolute atomic E-state index is 4.01. The van der Waals surface area contributed by atoms with E-state index in [0.29, 0.717) is 0 Å². The molecule has 1 N–H and O–H groups in total. The molecule has 1 aliphatic heterocycles. The number of hydrogen-bond acceptors (Lipinski definition) is 1. The number of hydrogen-bond donors (Lipinski definition) is 1. The fraction of sp³-hybridized carbons (Fsp3) is 0.714. The molecule has 1 rings (SSSR count). The van der Waals surface area contributed by atoms with Crippen LogP contribution in [-0.4, -0.2) is 12.1 Å². The van der Waals surface area contributed by atoms with E-state index in [2.05, 4.69) is 19.2 Å². The Morgan fingerprint density at radius 1 is 1.56 bits per heavy atom. The Labute approximate surface area is 81.4 Å². The van der Waals surface area contributed by atoms with Crippen molar-refractivity contribution in [3.05, 3.63) is 13.8 Å². The van der Waals surface area contributed by atoms with Crippen LogP contribution in [0.3, 0.4) is 0 Å². The first-order valence-electron chi connectivity index (χ1n) is 3.16. The molecule has 0 aromatic carbocycles. The summed E-state index contributed by atoms with van der Waals surface area (Å²) in [4.78, 5) is 0. The Hall–Kier alpha value is 1.01. The fourth-order valence-corrected chi connectivity index (χ4v) is 1.08. The second-order valence-corrected chi connectivity index (χ2v) is 2.56. The maximum Gasteiger partial charge on any atom is 2.00 e. The molecule has 1 atom stereocenters. The molecule has 1 unspecified atom stereocenters. The van der Waals surface area contributed by atoms with Crippen LogP contribution in [0.5, 0.6) is 0 Å². The molecule has 1 fully saturated rings. The zero-order chi connectivity index (χ0) is 6.04. The Morgan fingerprint density at radius 3 is 2.44 bits per heavy atom. The van der Waals surface area contributed by atoms with Gasteiger partial charge in [0.05, 0.1) is 0 Å². The normalized spacial score (nSPS) is 34.0. The van der Waals surface area contributed by atoms with Crippen LogP contribution in [0, 0.1) is 45.0 Å². The summed E-state index contributed by atoms with van der Waals surface area (Å²) >= 11 is 0. The maximum atomic E-state index is 4.01.